The van der Waals surface area contributed by atoms with Gasteiger partial charge in [-0.1, -0.05) is 124 Å². The van der Waals surface area contributed by atoms with Crippen molar-refractivity contribution in [2.45, 2.75) is 77.6 Å². The number of rotatable bonds is 11. The minimum Gasteiger partial charge on any atom is -0.206 e. The Balaban J connectivity index is 1.24. The van der Waals surface area contributed by atoms with E-state index in [0.717, 1.165) is 35.8 Å². The van der Waals surface area contributed by atoms with Crippen LogP contribution in [-0.4, -0.2) is 0 Å². The average Bonchev–Trinajstić information content (AvgIpc) is 2.93. The summed E-state index contributed by atoms with van der Waals surface area (Å²) in [6, 6.07) is 25.1. The lowest BCUT2D eigenvalue weighted by Gasteiger charge is -2.28. The Morgan fingerprint density at radius 1 is 0.811 bits per heavy atom. The van der Waals surface area contributed by atoms with Crippen molar-refractivity contribution in [3.63, 3.8) is 0 Å². The van der Waals surface area contributed by atoms with Gasteiger partial charge in [-0.2, -0.15) is 0 Å². The third-order valence-electron chi connectivity index (χ3n) is 8.20. The summed E-state index contributed by atoms with van der Waals surface area (Å²) in [7, 11) is 0. The summed E-state index contributed by atoms with van der Waals surface area (Å²) in [5.41, 5.74) is 5.58. The van der Waals surface area contributed by atoms with Crippen LogP contribution in [0.1, 0.15) is 92.5 Å². The summed E-state index contributed by atoms with van der Waals surface area (Å²) < 4.78 is 14.8. The summed E-state index contributed by atoms with van der Waals surface area (Å²) >= 11 is 0. The maximum atomic E-state index is 14.8. The zero-order valence-electron chi connectivity index (χ0n) is 22.7. The molecule has 0 aromatic heterocycles. The molecule has 0 bridgehead atoms. The van der Waals surface area contributed by atoms with Gasteiger partial charge in [0.05, 0.1) is 0 Å². The van der Waals surface area contributed by atoms with Crippen LogP contribution in [-0.2, 0) is 12.8 Å². The third kappa shape index (κ3) is 8.56. The molecule has 0 spiro atoms. The lowest BCUT2D eigenvalue weighted by molar-refractivity contribution is 0.254. The molecule has 1 fully saturated rings. The zero-order chi connectivity index (χ0) is 25.9. The highest BCUT2D eigenvalue weighted by molar-refractivity contribution is 5.70. The Kier molecular flexibility index (Phi) is 10.4. The quantitative estimate of drug-likeness (QED) is 0.184. The fraction of sp³-hybridized carbons (Fsp3) is 0.389. The van der Waals surface area contributed by atoms with E-state index >= 15 is 0 Å². The SMILES string of the molecule is C/C=C/CCC1CCC(CCc2ccc(C=Cc3ccc(C[C@H](C)c4ccccc4)cc3)c(F)c2)CC1. The van der Waals surface area contributed by atoms with E-state index in [4.69, 9.17) is 0 Å². The van der Waals surface area contributed by atoms with Crippen LogP contribution in [0.5, 0.6) is 0 Å². The third-order valence-corrected chi connectivity index (χ3v) is 8.20. The highest BCUT2D eigenvalue weighted by atomic mass is 19.1. The number of benzene rings is 3. The molecule has 4 rings (SSSR count). The molecule has 0 saturated heterocycles. The maximum absolute atomic E-state index is 14.8. The van der Waals surface area contributed by atoms with E-state index in [2.05, 4.69) is 86.7 Å². The number of hydrogen-bond acceptors (Lipinski definition) is 0. The molecule has 194 valence electrons. The van der Waals surface area contributed by atoms with Crippen LogP contribution in [0.4, 0.5) is 4.39 Å². The number of aryl methyl sites for hydroxylation is 1. The molecular formula is C36H43F. The predicted molar refractivity (Wildman–Crippen MR) is 158 cm³/mol. The van der Waals surface area contributed by atoms with Gasteiger partial charge in [-0.15, -0.1) is 0 Å². The van der Waals surface area contributed by atoms with Gasteiger partial charge in [0.15, 0.2) is 0 Å². The number of halogens is 1. The van der Waals surface area contributed by atoms with Gasteiger partial charge >= 0.3 is 0 Å². The zero-order valence-corrected chi connectivity index (χ0v) is 22.7. The Morgan fingerprint density at radius 2 is 1.49 bits per heavy atom. The molecule has 0 heterocycles. The van der Waals surface area contributed by atoms with Crippen molar-refractivity contribution >= 4 is 12.2 Å². The van der Waals surface area contributed by atoms with Gasteiger partial charge in [0.2, 0.25) is 0 Å². The van der Waals surface area contributed by atoms with Gasteiger partial charge in [0.25, 0.3) is 0 Å². The normalized spacial score (nSPS) is 19.0. The van der Waals surface area contributed by atoms with Crippen LogP contribution in [0.2, 0.25) is 0 Å². The van der Waals surface area contributed by atoms with Crippen molar-refractivity contribution in [2.75, 3.05) is 0 Å². The van der Waals surface area contributed by atoms with Crippen LogP contribution >= 0.6 is 0 Å². The first-order chi connectivity index (χ1) is 18.1. The second kappa shape index (κ2) is 14.1. The molecule has 37 heavy (non-hydrogen) atoms. The standard InChI is InChI=1S/C36H43F/c1-3-4-6-9-29-12-14-30(15-13-29)18-21-33-23-25-35(36(37)27-33)24-22-31-16-19-32(20-17-31)26-28(2)34-10-7-5-8-11-34/h3-5,7-8,10-11,16-17,19-20,22-25,27-30H,6,9,12-15,18,21,26H2,1-2H3/b4-3+,24-22?/t28-,29?,30?/m0/s1. The number of allylic oxidation sites excluding steroid dienone is 2. The van der Waals surface area contributed by atoms with Crippen molar-refractivity contribution in [1.82, 2.24) is 0 Å². The summed E-state index contributed by atoms with van der Waals surface area (Å²) in [5.74, 6) is 2.08. The van der Waals surface area contributed by atoms with Gasteiger partial charge in [-0.3, -0.25) is 0 Å². The van der Waals surface area contributed by atoms with Crippen molar-refractivity contribution in [3.8, 4) is 0 Å². The Hall–Kier alpha value is -2.93. The molecule has 0 radical (unpaired) electrons. The first-order valence-electron chi connectivity index (χ1n) is 14.3. The lowest BCUT2D eigenvalue weighted by atomic mass is 9.78. The van der Waals surface area contributed by atoms with Crippen molar-refractivity contribution in [2.24, 2.45) is 11.8 Å². The molecule has 0 amide bonds. The lowest BCUT2D eigenvalue weighted by Crippen LogP contribution is -2.15. The second-order valence-corrected chi connectivity index (χ2v) is 11.0. The minimum absolute atomic E-state index is 0.116. The molecule has 3 aromatic carbocycles. The maximum Gasteiger partial charge on any atom is 0.130 e. The Morgan fingerprint density at radius 3 is 2.16 bits per heavy atom. The molecule has 0 aliphatic heterocycles. The van der Waals surface area contributed by atoms with Crippen LogP contribution in [0, 0.1) is 17.7 Å². The highest BCUT2D eigenvalue weighted by Crippen LogP contribution is 2.34. The van der Waals surface area contributed by atoms with Crippen LogP contribution in [0.25, 0.3) is 12.2 Å². The van der Waals surface area contributed by atoms with E-state index in [0.29, 0.717) is 11.5 Å². The van der Waals surface area contributed by atoms with Gasteiger partial charge < -0.3 is 0 Å². The molecule has 3 aromatic rings. The van der Waals surface area contributed by atoms with E-state index in [1.165, 1.54) is 56.1 Å². The molecule has 1 aliphatic carbocycles. The minimum atomic E-state index is -0.116. The highest BCUT2D eigenvalue weighted by Gasteiger charge is 2.20. The van der Waals surface area contributed by atoms with Gasteiger partial charge in [0, 0.05) is 5.56 Å². The van der Waals surface area contributed by atoms with E-state index in [1.807, 2.05) is 18.2 Å². The summed E-state index contributed by atoms with van der Waals surface area (Å²) in [4.78, 5) is 0. The second-order valence-electron chi connectivity index (χ2n) is 11.0. The van der Waals surface area contributed by atoms with Gasteiger partial charge in [-0.05, 0) is 85.1 Å². The number of hydrogen-bond donors (Lipinski definition) is 0. The topological polar surface area (TPSA) is 0 Å². The monoisotopic (exact) mass is 494 g/mol. The van der Waals surface area contributed by atoms with Gasteiger partial charge in [0.1, 0.15) is 5.82 Å². The largest absolute Gasteiger partial charge is 0.206 e. The van der Waals surface area contributed by atoms with Crippen LogP contribution < -0.4 is 0 Å². The molecule has 0 nitrogen and oxygen atoms in total. The first-order valence-corrected chi connectivity index (χ1v) is 14.3. The Bertz CT molecular complexity index is 1130. The molecule has 0 N–H and O–H groups in total. The molecule has 1 aliphatic rings. The molecule has 1 atom stereocenters. The van der Waals surface area contributed by atoms with Crippen molar-refractivity contribution in [1.29, 1.82) is 0 Å². The Labute approximate surface area is 224 Å². The van der Waals surface area contributed by atoms with Crippen LogP contribution in [0.3, 0.4) is 0 Å². The predicted octanol–water partition coefficient (Wildman–Crippen LogP) is 10.4. The van der Waals surface area contributed by atoms with Crippen LogP contribution in [0.15, 0.2) is 84.9 Å². The summed E-state index contributed by atoms with van der Waals surface area (Å²) in [6.07, 6.45) is 19.5. The summed E-state index contributed by atoms with van der Waals surface area (Å²) in [6.45, 7) is 4.38. The first kappa shape index (κ1) is 27.1. The fourth-order valence-corrected chi connectivity index (χ4v) is 5.74. The van der Waals surface area contributed by atoms with E-state index in [-0.39, 0.29) is 5.82 Å². The van der Waals surface area contributed by atoms with E-state index in [1.54, 1.807) is 6.07 Å². The van der Waals surface area contributed by atoms with Gasteiger partial charge in [-0.25, -0.2) is 4.39 Å². The molecule has 1 saturated carbocycles. The molecular weight excluding hydrogens is 451 g/mol. The van der Waals surface area contributed by atoms with Crippen molar-refractivity contribution < 1.29 is 4.39 Å². The summed E-state index contributed by atoms with van der Waals surface area (Å²) in [5, 5.41) is 0. The smallest absolute Gasteiger partial charge is 0.130 e. The van der Waals surface area contributed by atoms with E-state index in [9.17, 15) is 4.39 Å². The molecule has 1 heteroatoms. The average molecular weight is 495 g/mol. The van der Waals surface area contributed by atoms with E-state index < -0.39 is 0 Å². The molecule has 0 unspecified atom stereocenters. The van der Waals surface area contributed by atoms with Crippen molar-refractivity contribution in [3.05, 3.63) is 119 Å². The fourth-order valence-electron chi connectivity index (χ4n) is 5.74.